The molecule has 0 radical (unpaired) electrons. The number of nitro groups is 1. The first-order valence-corrected chi connectivity index (χ1v) is 8.68. The molecule has 1 amide bonds. The largest absolute Gasteiger partial charge is 0.348 e. The summed E-state index contributed by atoms with van der Waals surface area (Å²) in [4.78, 5) is 24.6. The van der Waals surface area contributed by atoms with E-state index in [1.807, 2.05) is 30.3 Å². The third-order valence-corrected chi connectivity index (χ3v) is 4.22. The molecule has 2 aromatic carbocycles. The number of carbonyl (C=O) groups excluding carboxylic acids is 1. The Bertz CT molecular complexity index is 865. The zero-order valence-electron chi connectivity index (χ0n) is 14.5. The highest BCUT2D eigenvalue weighted by Gasteiger charge is 2.21. The third kappa shape index (κ3) is 5.87. The van der Waals surface area contributed by atoms with Gasteiger partial charge in [-0.05, 0) is 30.3 Å². The van der Waals surface area contributed by atoms with Crippen LogP contribution in [-0.4, -0.2) is 33.9 Å². The molecule has 0 aliphatic heterocycles. The lowest BCUT2D eigenvalue weighted by Crippen LogP contribution is -2.44. The van der Waals surface area contributed by atoms with Gasteiger partial charge >= 0.3 is 0 Å². The third-order valence-electron chi connectivity index (χ3n) is 3.86. The molecule has 0 atom stereocenters. The van der Waals surface area contributed by atoms with E-state index in [-0.39, 0.29) is 22.8 Å². The number of benzene rings is 2. The number of hydrogen-bond donors (Lipinski definition) is 1. The van der Waals surface area contributed by atoms with Gasteiger partial charge in [-0.2, -0.15) is 5.26 Å². The first-order valence-electron chi connectivity index (χ1n) is 8.27. The molecule has 2 rings (SSSR count). The summed E-state index contributed by atoms with van der Waals surface area (Å²) in [6.45, 7) is 0.876. The van der Waals surface area contributed by atoms with E-state index in [2.05, 4.69) is 11.4 Å². The minimum Gasteiger partial charge on any atom is -0.348 e. The van der Waals surface area contributed by atoms with Crippen LogP contribution in [-0.2, 0) is 6.42 Å². The fraction of sp³-hybridized carbons (Fsp3) is 0.211. The van der Waals surface area contributed by atoms with Crippen LogP contribution >= 0.6 is 12.2 Å². The fourth-order valence-corrected chi connectivity index (χ4v) is 2.75. The van der Waals surface area contributed by atoms with Gasteiger partial charge in [0.15, 0.2) is 5.11 Å². The number of hydrogen-bond acceptors (Lipinski definition) is 5. The number of nitro benzene ring substituents is 1. The van der Waals surface area contributed by atoms with Crippen molar-refractivity contribution in [3.63, 3.8) is 0 Å². The highest BCUT2D eigenvalue weighted by molar-refractivity contribution is 7.80. The van der Waals surface area contributed by atoms with Crippen molar-refractivity contribution >= 4 is 28.9 Å². The maximum atomic E-state index is 12.4. The van der Waals surface area contributed by atoms with Crippen molar-refractivity contribution in [3.8, 4) is 6.07 Å². The lowest BCUT2D eigenvalue weighted by atomic mass is 10.1. The van der Waals surface area contributed by atoms with E-state index >= 15 is 0 Å². The molecule has 0 saturated heterocycles. The molecule has 0 aliphatic rings. The van der Waals surface area contributed by atoms with Gasteiger partial charge in [0, 0.05) is 19.2 Å². The van der Waals surface area contributed by atoms with E-state index in [9.17, 15) is 14.9 Å². The number of carbonyl (C=O) groups is 1. The molecule has 0 unspecified atom stereocenters. The minimum absolute atomic E-state index is 0.0619. The van der Waals surface area contributed by atoms with Gasteiger partial charge in [0.2, 0.25) is 0 Å². The van der Waals surface area contributed by atoms with E-state index in [4.69, 9.17) is 17.5 Å². The van der Waals surface area contributed by atoms with Crippen molar-refractivity contribution < 1.29 is 9.72 Å². The highest BCUT2D eigenvalue weighted by atomic mass is 32.1. The Morgan fingerprint density at radius 1 is 1.15 bits per heavy atom. The molecular weight excluding hydrogens is 364 g/mol. The quantitative estimate of drug-likeness (QED) is 0.449. The van der Waals surface area contributed by atoms with Crippen LogP contribution in [0.4, 0.5) is 5.69 Å². The molecule has 2 aromatic rings. The molecule has 0 saturated carbocycles. The summed E-state index contributed by atoms with van der Waals surface area (Å²) >= 11 is 5.30. The molecule has 0 spiro atoms. The molecule has 0 aliphatic carbocycles. The number of rotatable bonds is 7. The molecular formula is C19H18N4O3S. The maximum absolute atomic E-state index is 12.4. The van der Waals surface area contributed by atoms with Crippen molar-refractivity contribution in [2.24, 2.45) is 0 Å². The predicted molar refractivity (Wildman–Crippen MR) is 105 cm³/mol. The second-order valence-electron chi connectivity index (χ2n) is 5.66. The molecule has 8 heteroatoms. The maximum Gasteiger partial charge on any atom is 0.282 e. The summed E-state index contributed by atoms with van der Waals surface area (Å²) in [5.74, 6) is -0.644. The van der Waals surface area contributed by atoms with Crippen molar-refractivity contribution in [1.29, 1.82) is 5.26 Å². The summed E-state index contributed by atoms with van der Waals surface area (Å²) in [6, 6.07) is 17.5. The van der Waals surface area contributed by atoms with Crippen LogP contribution in [0.2, 0.25) is 0 Å². The van der Waals surface area contributed by atoms with E-state index in [0.717, 1.165) is 5.56 Å². The van der Waals surface area contributed by atoms with Crippen LogP contribution in [0.1, 0.15) is 22.3 Å². The second-order valence-corrected chi connectivity index (χ2v) is 6.05. The Morgan fingerprint density at radius 3 is 2.48 bits per heavy atom. The molecule has 0 heterocycles. The average molecular weight is 382 g/mol. The van der Waals surface area contributed by atoms with Crippen LogP contribution < -0.4 is 5.32 Å². The number of para-hydroxylation sites is 1. The van der Waals surface area contributed by atoms with Gasteiger partial charge in [-0.3, -0.25) is 20.2 Å². The monoisotopic (exact) mass is 382 g/mol. The number of amides is 1. The Kier molecular flexibility index (Phi) is 7.40. The Labute approximate surface area is 162 Å². The normalized spacial score (nSPS) is 9.89. The smallest absolute Gasteiger partial charge is 0.282 e. The Balaban J connectivity index is 2.07. The van der Waals surface area contributed by atoms with Crippen LogP contribution in [0.3, 0.4) is 0 Å². The Morgan fingerprint density at radius 2 is 1.81 bits per heavy atom. The van der Waals surface area contributed by atoms with Gasteiger partial charge in [0.25, 0.3) is 11.6 Å². The molecule has 0 aromatic heterocycles. The lowest BCUT2D eigenvalue weighted by molar-refractivity contribution is -0.385. The van der Waals surface area contributed by atoms with Gasteiger partial charge < -0.3 is 4.90 Å². The van der Waals surface area contributed by atoms with Crippen LogP contribution in [0, 0.1) is 21.4 Å². The highest BCUT2D eigenvalue weighted by Crippen LogP contribution is 2.17. The molecule has 0 bridgehead atoms. The SMILES string of the molecule is N#CCCN(CCc1ccccc1)C(=S)NC(=O)c1ccccc1[N+](=O)[O-]. The molecule has 1 N–H and O–H groups in total. The predicted octanol–water partition coefficient (Wildman–Crippen LogP) is 3.07. The van der Waals surface area contributed by atoms with E-state index in [1.54, 1.807) is 11.0 Å². The number of thiocarbonyl (C=S) groups is 1. The minimum atomic E-state index is -0.644. The van der Waals surface area contributed by atoms with Crippen molar-refractivity contribution in [1.82, 2.24) is 10.2 Å². The van der Waals surface area contributed by atoms with E-state index in [1.165, 1.54) is 18.2 Å². The Hall–Kier alpha value is -3.31. The molecule has 7 nitrogen and oxygen atoms in total. The van der Waals surface area contributed by atoms with Gasteiger partial charge in [0.1, 0.15) is 5.56 Å². The van der Waals surface area contributed by atoms with Crippen molar-refractivity contribution in [3.05, 3.63) is 75.8 Å². The summed E-state index contributed by atoms with van der Waals surface area (Å²) < 4.78 is 0. The van der Waals surface area contributed by atoms with Gasteiger partial charge in [0.05, 0.1) is 17.4 Å². The number of nitrogens with one attached hydrogen (secondary N) is 1. The van der Waals surface area contributed by atoms with Gasteiger partial charge in [-0.1, -0.05) is 42.5 Å². The summed E-state index contributed by atoms with van der Waals surface area (Å²) in [5.41, 5.74) is 0.756. The lowest BCUT2D eigenvalue weighted by Gasteiger charge is -2.24. The first-order chi connectivity index (χ1) is 13.0. The summed E-state index contributed by atoms with van der Waals surface area (Å²) in [6.07, 6.45) is 0.935. The zero-order chi connectivity index (χ0) is 19.6. The van der Waals surface area contributed by atoms with E-state index < -0.39 is 10.8 Å². The van der Waals surface area contributed by atoms with Gasteiger partial charge in [-0.25, -0.2) is 0 Å². The van der Waals surface area contributed by atoms with Crippen LogP contribution in [0.25, 0.3) is 0 Å². The number of nitriles is 1. The summed E-state index contributed by atoms with van der Waals surface area (Å²) in [7, 11) is 0. The van der Waals surface area contributed by atoms with Crippen molar-refractivity contribution in [2.45, 2.75) is 12.8 Å². The first kappa shape index (κ1) is 20.0. The van der Waals surface area contributed by atoms with Crippen LogP contribution in [0.15, 0.2) is 54.6 Å². The van der Waals surface area contributed by atoms with Crippen LogP contribution in [0.5, 0.6) is 0 Å². The topological polar surface area (TPSA) is 99.3 Å². The molecule has 138 valence electrons. The molecule has 27 heavy (non-hydrogen) atoms. The second kappa shape index (κ2) is 9.99. The standard InChI is InChI=1S/C19H18N4O3S/c20-12-6-13-22(14-11-15-7-2-1-3-8-15)19(27)21-18(24)16-9-4-5-10-17(16)23(25)26/h1-5,7-10H,6,11,13-14H2,(H,21,24,27). The van der Waals surface area contributed by atoms with Gasteiger partial charge in [-0.15, -0.1) is 0 Å². The van der Waals surface area contributed by atoms with E-state index in [0.29, 0.717) is 19.5 Å². The van der Waals surface area contributed by atoms with Crippen molar-refractivity contribution in [2.75, 3.05) is 13.1 Å². The number of nitrogens with zero attached hydrogens (tertiary/aromatic N) is 3. The summed E-state index contributed by atoms with van der Waals surface area (Å²) in [5, 5.41) is 22.6. The average Bonchev–Trinajstić information content (AvgIpc) is 2.68. The molecule has 0 fully saturated rings. The fourth-order valence-electron chi connectivity index (χ4n) is 2.48. The zero-order valence-corrected chi connectivity index (χ0v) is 15.3.